The van der Waals surface area contributed by atoms with Gasteiger partial charge in [0, 0.05) is 12.8 Å². The fraction of sp³-hybridized carbons (Fsp3) is 0.959. The van der Waals surface area contributed by atoms with Crippen molar-refractivity contribution in [3.63, 3.8) is 0 Å². The summed E-state index contributed by atoms with van der Waals surface area (Å²) in [5.41, 5.74) is 0. The van der Waals surface area contributed by atoms with Gasteiger partial charge in [-0.3, -0.25) is 14.1 Å². The Labute approximate surface area is 359 Å². The van der Waals surface area contributed by atoms with Crippen molar-refractivity contribution in [1.29, 1.82) is 0 Å². The molecule has 0 radical (unpaired) electrons. The van der Waals surface area contributed by atoms with E-state index in [1.165, 1.54) is 218 Å². The Morgan fingerprint density at radius 3 is 0.879 bits per heavy atom. The minimum absolute atomic E-state index is 0.221. The lowest BCUT2D eigenvalue weighted by atomic mass is 10.0. The van der Waals surface area contributed by atoms with E-state index in [2.05, 4.69) is 18.4 Å². The number of rotatable bonds is 48. The Morgan fingerprint density at radius 1 is 0.379 bits per heavy atom. The largest absolute Gasteiger partial charge is 0.469 e. The van der Waals surface area contributed by atoms with E-state index in [4.69, 9.17) is 19.3 Å². The van der Waals surface area contributed by atoms with Crippen LogP contribution in [-0.2, 0) is 28.2 Å². The zero-order valence-corrected chi connectivity index (χ0v) is 39.4. The Hall–Kier alpha value is -0.950. The maximum absolute atomic E-state index is 12.5. The lowest BCUT2D eigenvalue weighted by molar-refractivity contribution is -0.161. The smallest absolute Gasteiger partial charge is 0.462 e. The van der Waals surface area contributed by atoms with Crippen molar-refractivity contribution in [3.05, 3.63) is 0 Å². The first-order valence-electron chi connectivity index (χ1n) is 25.3. The highest BCUT2D eigenvalue weighted by molar-refractivity contribution is 7.46. The number of carbonyl (C=O) groups is 2. The van der Waals surface area contributed by atoms with Gasteiger partial charge in [-0.25, -0.2) is 4.57 Å². The van der Waals surface area contributed by atoms with Crippen LogP contribution in [0.1, 0.15) is 284 Å². The van der Waals surface area contributed by atoms with Crippen molar-refractivity contribution in [2.75, 3.05) is 13.2 Å². The molecule has 0 aromatic rings. The van der Waals surface area contributed by atoms with Crippen LogP contribution in [-0.4, -0.2) is 41.0 Å². The first kappa shape index (κ1) is 57.1. The highest BCUT2D eigenvalue weighted by atomic mass is 31.2. The van der Waals surface area contributed by atoms with Crippen molar-refractivity contribution in [2.45, 2.75) is 290 Å². The van der Waals surface area contributed by atoms with Crippen LogP contribution in [0, 0.1) is 0 Å². The molecule has 0 aliphatic heterocycles. The molecule has 58 heavy (non-hydrogen) atoms. The normalized spacial score (nSPS) is 12.3. The topological polar surface area (TPSA) is 119 Å². The summed E-state index contributed by atoms with van der Waals surface area (Å²) in [4.78, 5) is 43.1. The highest BCUT2D eigenvalue weighted by Crippen LogP contribution is 2.36. The molecule has 0 aromatic carbocycles. The van der Waals surface area contributed by atoms with Gasteiger partial charge in [-0.05, 0) is 12.8 Å². The molecule has 0 aliphatic rings. The average Bonchev–Trinajstić information content (AvgIpc) is 3.20. The molecule has 0 spiro atoms. The third-order valence-electron chi connectivity index (χ3n) is 11.6. The van der Waals surface area contributed by atoms with E-state index in [1.54, 1.807) is 0 Å². The number of phosphoric ester groups is 1. The van der Waals surface area contributed by atoms with Gasteiger partial charge in [-0.15, -0.1) is 0 Å². The van der Waals surface area contributed by atoms with Crippen LogP contribution in [0.25, 0.3) is 0 Å². The predicted octanol–water partition coefficient (Wildman–Crippen LogP) is 16.0. The fourth-order valence-electron chi connectivity index (χ4n) is 7.85. The number of carbonyl (C=O) groups excluding carboxylic acids is 2. The summed E-state index contributed by atoms with van der Waals surface area (Å²) in [5.74, 6) is -0.861. The molecular weight excluding hydrogens is 748 g/mol. The van der Waals surface area contributed by atoms with Crippen molar-refractivity contribution in [2.24, 2.45) is 0 Å². The van der Waals surface area contributed by atoms with Crippen LogP contribution in [0.3, 0.4) is 0 Å². The molecule has 8 nitrogen and oxygen atoms in total. The number of esters is 2. The Morgan fingerprint density at radius 2 is 0.621 bits per heavy atom. The number of hydrogen-bond acceptors (Lipinski definition) is 6. The van der Waals surface area contributed by atoms with Gasteiger partial charge in [-0.1, -0.05) is 258 Å². The minimum Gasteiger partial charge on any atom is -0.462 e. The molecular formula is C49H97O8P. The van der Waals surface area contributed by atoms with Crippen LogP contribution >= 0.6 is 7.82 Å². The third kappa shape index (κ3) is 47.7. The zero-order valence-electron chi connectivity index (χ0n) is 38.5. The van der Waals surface area contributed by atoms with Gasteiger partial charge in [0.05, 0.1) is 6.61 Å². The lowest BCUT2D eigenvalue weighted by Gasteiger charge is -2.18. The molecule has 1 atom stereocenters. The molecule has 0 saturated carbocycles. The summed E-state index contributed by atoms with van der Waals surface area (Å²) in [5, 5.41) is 0. The predicted molar refractivity (Wildman–Crippen MR) is 244 cm³/mol. The van der Waals surface area contributed by atoms with Gasteiger partial charge in [0.25, 0.3) is 0 Å². The van der Waals surface area contributed by atoms with E-state index >= 15 is 0 Å². The monoisotopic (exact) mass is 845 g/mol. The number of unbranched alkanes of at least 4 members (excludes halogenated alkanes) is 38. The maximum atomic E-state index is 12.5. The summed E-state index contributed by atoms with van der Waals surface area (Å²) < 4.78 is 26.5. The van der Waals surface area contributed by atoms with Crippen molar-refractivity contribution < 1.29 is 37.9 Å². The van der Waals surface area contributed by atoms with E-state index in [1.807, 2.05) is 0 Å². The number of phosphoric acid groups is 1. The molecule has 0 saturated heterocycles. The van der Waals surface area contributed by atoms with Gasteiger partial charge >= 0.3 is 19.8 Å². The van der Waals surface area contributed by atoms with Crippen molar-refractivity contribution in [3.8, 4) is 0 Å². The molecule has 0 unspecified atom stereocenters. The van der Waals surface area contributed by atoms with E-state index in [0.717, 1.165) is 32.1 Å². The first-order chi connectivity index (χ1) is 28.3. The fourth-order valence-corrected chi connectivity index (χ4v) is 8.21. The van der Waals surface area contributed by atoms with Crippen molar-refractivity contribution in [1.82, 2.24) is 0 Å². The first-order valence-corrected chi connectivity index (χ1v) is 26.9. The van der Waals surface area contributed by atoms with Crippen LogP contribution in [0.2, 0.25) is 0 Å². The SMILES string of the molecule is CCCCCCCCCCCCCCCCCCCCCCCCCC(=O)OC[C@H](COP(=O)(O)O)OC(=O)CCCCCCCCCCCCCCCCCCC. The molecule has 0 rings (SSSR count). The van der Waals surface area contributed by atoms with Gasteiger partial charge in [0.2, 0.25) is 0 Å². The van der Waals surface area contributed by atoms with E-state index < -0.39 is 32.5 Å². The summed E-state index contributed by atoms with van der Waals surface area (Å²) in [6.07, 6.45) is 51.3. The summed E-state index contributed by atoms with van der Waals surface area (Å²) in [7, 11) is -4.75. The molecule has 0 aliphatic carbocycles. The van der Waals surface area contributed by atoms with E-state index in [-0.39, 0.29) is 19.4 Å². The number of ether oxygens (including phenoxy) is 2. The molecule has 346 valence electrons. The summed E-state index contributed by atoms with van der Waals surface area (Å²) >= 11 is 0. The van der Waals surface area contributed by atoms with Crippen LogP contribution < -0.4 is 0 Å². The standard InChI is InChI=1S/C49H97O8P/c1-3-5-7-9-11-13-15-17-19-21-22-23-24-25-26-28-29-31-33-35-37-39-41-43-48(50)55-45-47(46-56-58(52,53)54)57-49(51)44-42-40-38-36-34-32-30-27-20-18-16-14-12-10-8-6-4-2/h47H,3-46H2,1-2H3,(H2,52,53,54)/t47-/m1/s1. The molecule has 0 fully saturated rings. The van der Waals surface area contributed by atoms with Gasteiger partial charge < -0.3 is 19.3 Å². The minimum atomic E-state index is -4.75. The van der Waals surface area contributed by atoms with Gasteiger partial charge in [-0.2, -0.15) is 0 Å². The van der Waals surface area contributed by atoms with Crippen LogP contribution in [0.4, 0.5) is 0 Å². The van der Waals surface area contributed by atoms with Gasteiger partial charge in [0.15, 0.2) is 6.10 Å². The Balaban J connectivity index is 3.74. The van der Waals surface area contributed by atoms with Crippen LogP contribution in [0.5, 0.6) is 0 Å². The second kappa shape index (κ2) is 45.6. The average molecular weight is 845 g/mol. The Kier molecular flexibility index (Phi) is 44.8. The maximum Gasteiger partial charge on any atom is 0.469 e. The summed E-state index contributed by atoms with van der Waals surface area (Å²) in [6.45, 7) is 3.75. The second-order valence-corrected chi connectivity index (χ2v) is 18.8. The van der Waals surface area contributed by atoms with E-state index in [0.29, 0.717) is 6.42 Å². The Bertz CT molecular complexity index is 909. The van der Waals surface area contributed by atoms with Gasteiger partial charge in [0.1, 0.15) is 6.61 Å². The third-order valence-corrected chi connectivity index (χ3v) is 12.1. The zero-order chi connectivity index (χ0) is 42.5. The molecule has 9 heteroatoms. The molecule has 0 amide bonds. The molecule has 0 aromatic heterocycles. The molecule has 0 heterocycles. The van der Waals surface area contributed by atoms with Crippen LogP contribution in [0.15, 0.2) is 0 Å². The highest BCUT2D eigenvalue weighted by Gasteiger charge is 2.23. The second-order valence-electron chi connectivity index (χ2n) is 17.5. The quantitative estimate of drug-likeness (QED) is 0.0353. The summed E-state index contributed by atoms with van der Waals surface area (Å²) in [6, 6.07) is 0. The number of hydrogen-bond donors (Lipinski definition) is 2. The van der Waals surface area contributed by atoms with Crippen molar-refractivity contribution >= 4 is 19.8 Å². The van der Waals surface area contributed by atoms with E-state index in [9.17, 15) is 14.2 Å². The lowest BCUT2D eigenvalue weighted by Crippen LogP contribution is -2.29. The molecule has 0 bridgehead atoms. The molecule has 2 N–H and O–H groups in total.